The molecule has 0 amide bonds. The minimum atomic E-state index is -3.51. The first-order valence-electron chi connectivity index (χ1n) is 6.69. The molecule has 20 heavy (non-hydrogen) atoms. The molecule has 1 aromatic carbocycles. The highest BCUT2D eigenvalue weighted by molar-refractivity contribution is 7.89. The third-order valence-corrected chi connectivity index (χ3v) is 5.35. The van der Waals surface area contributed by atoms with E-state index in [9.17, 15) is 8.42 Å². The number of hydrogen-bond acceptors (Lipinski definition) is 4. The van der Waals surface area contributed by atoms with Crippen molar-refractivity contribution in [1.82, 2.24) is 4.72 Å². The molecular formula is C14H22N2O3S. The van der Waals surface area contributed by atoms with Crippen LogP contribution in [0.2, 0.25) is 0 Å². The maximum Gasteiger partial charge on any atom is 0.241 e. The summed E-state index contributed by atoms with van der Waals surface area (Å²) in [6.07, 6.45) is 1.37. The van der Waals surface area contributed by atoms with E-state index in [2.05, 4.69) is 18.6 Å². The fourth-order valence-electron chi connectivity index (χ4n) is 2.21. The molecule has 1 aliphatic carbocycles. The van der Waals surface area contributed by atoms with E-state index in [0.29, 0.717) is 29.2 Å². The van der Waals surface area contributed by atoms with Crippen LogP contribution in [0.3, 0.4) is 0 Å². The van der Waals surface area contributed by atoms with Crippen LogP contribution in [-0.4, -0.2) is 28.1 Å². The summed E-state index contributed by atoms with van der Waals surface area (Å²) in [5.74, 6) is 0.638. The minimum Gasteiger partial charge on any atom is -0.497 e. The van der Waals surface area contributed by atoms with Crippen molar-refractivity contribution in [2.45, 2.75) is 37.6 Å². The second kappa shape index (κ2) is 5.35. The lowest BCUT2D eigenvalue weighted by atomic mass is 10.1. The molecule has 1 fully saturated rings. The van der Waals surface area contributed by atoms with Gasteiger partial charge in [0.15, 0.2) is 0 Å². The van der Waals surface area contributed by atoms with Crippen molar-refractivity contribution in [2.24, 2.45) is 11.1 Å². The smallest absolute Gasteiger partial charge is 0.241 e. The summed E-state index contributed by atoms with van der Waals surface area (Å²) in [6.45, 7) is 4.49. The number of nitrogens with two attached hydrogens (primary N) is 1. The number of hydrogen-bond donors (Lipinski definition) is 2. The first kappa shape index (κ1) is 15.3. The summed E-state index contributed by atoms with van der Waals surface area (Å²) < 4.78 is 32.8. The van der Waals surface area contributed by atoms with E-state index < -0.39 is 10.0 Å². The fourth-order valence-corrected chi connectivity index (χ4v) is 3.87. The van der Waals surface area contributed by atoms with Gasteiger partial charge in [0.1, 0.15) is 5.75 Å². The van der Waals surface area contributed by atoms with Gasteiger partial charge in [-0.1, -0.05) is 13.8 Å². The van der Waals surface area contributed by atoms with Gasteiger partial charge in [0.05, 0.1) is 12.0 Å². The van der Waals surface area contributed by atoms with Crippen molar-refractivity contribution in [1.29, 1.82) is 0 Å². The van der Waals surface area contributed by atoms with Crippen LogP contribution >= 0.6 is 0 Å². The molecule has 1 aliphatic rings. The first-order valence-corrected chi connectivity index (χ1v) is 8.18. The highest BCUT2D eigenvalue weighted by Crippen LogP contribution is 2.45. The Labute approximate surface area is 120 Å². The maximum atomic E-state index is 12.5. The predicted molar refractivity (Wildman–Crippen MR) is 78.3 cm³/mol. The van der Waals surface area contributed by atoms with E-state index in [1.54, 1.807) is 25.3 Å². The van der Waals surface area contributed by atoms with E-state index >= 15 is 0 Å². The Morgan fingerprint density at radius 1 is 1.45 bits per heavy atom. The molecule has 1 saturated carbocycles. The van der Waals surface area contributed by atoms with Gasteiger partial charge in [-0.2, -0.15) is 0 Å². The fraction of sp³-hybridized carbons (Fsp3) is 0.571. The monoisotopic (exact) mass is 298 g/mol. The molecule has 1 aromatic rings. The molecule has 3 N–H and O–H groups in total. The normalized spacial score (nSPS) is 20.7. The molecule has 6 heteroatoms. The third kappa shape index (κ3) is 3.13. The van der Waals surface area contributed by atoms with E-state index in [0.717, 1.165) is 6.42 Å². The average molecular weight is 298 g/mol. The number of ether oxygens (including phenoxy) is 1. The molecule has 112 valence electrons. The molecule has 2 rings (SSSR count). The Kier molecular flexibility index (Phi) is 4.09. The van der Waals surface area contributed by atoms with Gasteiger partial charge in [-0.05, 0) is 48.6 Å². The van der Waals surface area contributed by atoms with E-state index in [4.69, 9.17) is 10.5 Å². The van der Waals surface area contributed by atoms with Crippen LogP contribution in [0, 0.1) is 5.41 Å². The molecule has 0 bridgehead atoms. The summed E-state index contributed by atoms with van der Waals surface area (Å²) >= 11 is 0. The quantitative estimate of drug-likeness (QED) is 0.829. The molecule has 5 nitrogen and oxygen atoms in total. The molecule has 0 saturated heterocycles. The predicted octanol–water partition coefficient (Wildman–Crippen LogP) is 1.27. The van der Waals surface area contributed by atoms with Gasteiger partial charge in [0.2, 0.25) is 10.0 Å². The molecule has 1 unspecified atom stereocenters. The zero-order valence-electron chi connectivity index (χ0n) is 12.1. The van der Waals surface area contributed by atoms with Crippen molar-refractivity contribution in [3.63, 3.8) is 0 Å². The van der Waals surface area contributed by atoms with E-state index in [1.807, 2.05) is 0 Å². The lowest BCUT2D eigenvalue weighted by Crippen LogP contribution is -2.29. The highest BCUT2D eigenvalue weighted by atomic mass is 32.2. The SMILES string of the molecule is COc1ccc(S(=O)(=O)NC2CC2(C)C)c(CCN)c1. The van der Waals surface area contributed by atoms with E-state index in [-0.39, 0.29) is 11.5 Å². The molecule has 0 spiro atoms. The zero-order chi connectivity index (χ0) is 15.0. The molecule has 1 atom stereocenters. The highest BCUT2D eigenvalue weighted by Gasteiger charge is 2.48. The average Bonchev–Trinajstić information content (AvgIpc) is 2.95. The topological polar surface area (TPSA) is 81.4 Å². The lowest BCUT2D eigenvalue weighted by Gasteiger charge is -2.13. The van der Waals surface area contributed by atoms with Crippen molar-refractivity contribution >= 4 is 10.0 Å². The van der Waals surface area contributed by atoms with Crippen LogP contribution < -0.4 is 15.2 Å². The van der Waals surface area contributed by atoms with Crippen LogP contribution in [0.25, 0.3) is 0 Å². The molecular weight excluding hydrogens is 276 g/mol. The van der Waals surface area contributed by atoms with E-state index in [1.165, 1.54) is 0 Å². The number of rotatable bonds is 6. The third-order valence-electron chi connectivity index (χ3n) is 3.78. The van der Waals surface area contributed by atoms with Crippen molar-refractivity contribution < 1.29 is 13.2 Å². The second-order valence-corrected chi connectivity index (χ2v) is 7.56. The summed E-state index contributed by atoms with van der Waals surface area (Å²) in [6, 6.07) is 4.99. The lowest BCUT2D eigenvalue weighted by molar-refractivity contribution is 0.413. The number of nitrogens with one attached hydrogen (secondary N) is 1. The van der Waals surface area contributed by atoms with Crippen LogP contribution in [0.4, 0.5) is 0 Å². The van der Waals surface area contributed by atoms with Gasteiger partial charge < -0.3 is 10.5 Å². The number of benzene rings is 1. The molecule has 0 heterocycles. The van der Waals surface area contributed by atoms with Gasteiger partial charge in [-0.15, -0.1) is 0 Å². The second-order valence-electron chi connectivity index (χ2n) is 5.88. The van der Waals surface area contributed by atoms with Gasteiger partial charge in [-0.25, -0.2) is 13.1 Å². The Morgan fingerprint density at radius 2 is 2.10 bits per heavy atom. The number of sulfonamides is 1. The van der Waals surface area contributed by atoms with Gasteiger partial charge in [0.25, 0.3) is 0 Å². The summed E-state index contributed by atoms with van der Waals surface area (Å²) in [7, 11) is -1.95. The summed E-state index contributed by atoms with van der Waals surface area (Å²) in [4.78, 5) is 0.298. The van der Waals surface area contributed by atoms with Crippen molar-refractivity contribution in [3.05, 3.63) is 23.8 Å². The minimum absolute atomic E-state index is 0.0142. The van der Waals surface area contributed by atoms with Crippen LogP contribution in [-0.2, 0) is 16.4 Å². The summed E-state index contributed by atoms with van der Waals surface area (Å²) in [5.41, 5.74) is 6.31. The Hall–Kier alpha value is -1.11. The van der Waals surface area contributed by atoms with Crippen LogP contribution in [0.5, 0.6) is 5.75 Å². The van der Waals surface area contributed by atoms with Crippen molar-refractivity contribution in [3.8, 4) is 5.75 Å². The maximum absolute atomic E-state index is 12.5. The van der Waals surface area contributed by atoms with Gasteiger partial charge in [0, 0.05) is 6.04 Å². The molecule has 0 aromatic heterocycles. The zero-order valence-corrected chi connectivity index (χ0v) is 13.0. The first-order chi connectivity index (χ1) is 9.30. The van der Waals surface area contributed by atoms with Gasteiger partial charge >= 0.3 is 0 Å². The number of methoxy groups -OCH3 is 1. The summed E-state index contributed by atoms with van der Waals surface area (Å²) in [5, 5.41) is 0. The van der Waals surface area contributed by atoms with Crippen molar-refractivity contribution in [2.75, 3.05) is 13.7 Å². The Morgan fingerprint density at radius 3 is 2.60 bits per heavy atom. The standard InChI is InChI=1S/C14H22N2O3S/c1-14(2)9-13(14)16-20(17,18)12-5-4-11(19-3)8-10(12)6-7-15/h4-5,8,13,16H,6-7,9,15H2,1-3H3. The van der Waals surface area contributed by atoms with Crippen LogP contribution in [0.15, 0.2) is 23.1 Å². The Bertz CT molecular complexity index is 596. The molecule has 0 radical (unpaired) electrons. The Balaban J connectivity index is 2.30. The largest absolute Gasteiger partial charge is 0.497 e. The van der Waals surface area contributed by atoms with Crippen LogP contribution in [0.1, 0.15) is 25.8 Å². The van der Waals surface area contributed by atoms with Gasteiger partial charge in [-0.3, -0.25) is 0 Å². The molecule has 0 aliphatic heterocycles.